The number of unbranched alkanes of at least 4 members (excludes halogenated alkanes) is 1. The average Bonchev–Trinajstić information content (AvgIpc) is 2.46. The number of methoxy groups -OCH3 is 2. The van der Waals surface area contributed by atoms with Gasteiger partial charge in [0.1, 0.15) is 0 Å². The van der Waals surface area contributed by atoms with Crippen molar-refractivity contribution in [2.75, 3.05) is 40.6 Å². The van der Waals surface area contributed by atoms with Crippen molar-refractivity contribution < 1.29 is 28.5 Å². The SMILES string of the molecule is CCCCOC(=O)CCOC.CCOCCC(=O)OC. The van der Waals surface area contributed by atoms with Gasteiger partial charge in [0.2, 0.25) is 0 Å². The summed E-state index contributed by atoms with van der Waals surface area (Å²) in [6, 6.07) is 0. The largest absolute Gasteiger partial charge is 0.469 e. The van der Waals surface area contributed by atoms with Gasteiger partial charge in [-0.1, -0.05) is 13.3 Å². The van der Waals surface area contributed by atoms with Crippen LogP contribution >= 0.6 is 0 Å². The van der Waals surface area contributed by atoms with E-state index >= 15 is 0 Å². The van der Waals surface area contributed by atoms with Crippen molar-refractivity contribution in [3.63, 3.8) is 0 Å². The predicted octanol–water partition coefficient (Wildman–Crippen LogP) is 1.95. The van der Waals surface area contributed by atoms with Gasteiger partial charge in [0, 0.05) is 13.7 Å². The first-order valence-electron chi connectivity index (χ1n) is 6.91. The standard InChI is InChI=1S/C8H16O3.C6H12O3/c1-3-4-6-11-8(9)5-7-10-2;1-3-9-5-4-6(7)8-2/h3-7H2,1-2H3;3-5H2,1-2H3. The molecule has 0 aliphatic carbocycles. The molecule has 0 atom stereocenters. The molecule has 0 aliphatic heterocycles. The monoisotopic (exact) mass is 292 g/mol. The molecule has 0 spiro atoms. The first-order valence-corrected chi connectivity index (χ1v) is 6.91. The summed E-state index contributed by atoms with van der Waals surface area (Å²) in [5, 5.41) is 0. The Bertz CT molecular complexity index is 230. The quantitative estimate of drug-likeness (QED) is 0.453. The van der Waals surface area contributed by atoms with Gasteiger partial charge >= 0.3 is 11.9 Å². The lowest BCUT2D eigenvalue weighted by molar-refractivity contribution is -0.145. The molecule has 0 saturated carbocycles. The number of ether oxygens (including phenoxy) is 4. The molecule has 0 aromatic carbocycles. The lowest BCUT2D eigenvalue weighted by Crippen LogP contribution is -2.08. The molecule has 0 rings (SSSR count). The summed E-state index contributed by atoms with van der Waals surface area (Å²) in [5.74, 6) is -0.385. The fourth-order valence-corrected chi connectivity index (χ4v) is 0.990. The van der Waals surface area contributed by atoms with E-state index in [-0.39, 0.29) is 11.9 Å². The van der Waals surface area contributed by atoms with Gasteiger partial charge in [-0.15, -0.1) is 0 Å². The Labute approximate surface area is 121 Å². The van der Waals surface area contributed by atoms with Gasteiger partial charge in [0.15, 0.2) is 0 Å². The molecule has 0 aliphatic rings. The number of carbonyl (C=O) groups is 2. The second kappa shape index (κ2) is 17.9. The van der Waals surface area contributed by atoms with E-state index in [1.165, 1.54) is 7.11 Å². The van der Waals surface area contributed by atoms with E-state index < -0.39 is 0 Å². The van der Waals surface area contributed by atoms with E-state index in [1.807, 2.05) is 6.92 Å². The topological polar surface area (TPSA) is 71.1 Å². The highest BCUT2D eigenvalue weighted by Crippen LogP contribution is 1.91. The maximum absolute atomic E-state index is 10.8. The third kappa shape index (κ3) is 19.2. The smallest absolute Gasteiger partial charge is 0.308 e. The molecule has 6 nitrogen and oxygen atoms in total. The van der Waals surface area contributed by atoms with Crippen LogP contribution in [0.2, 0.25) is 0 Å². The molecule has 0 fully saturated rings. The van der Waals surface area contributed by atoms with Gasteiger partial charge < -0.3 is 18.9 Å². The maximum atomic E-state index is 10.8. The van der Waals surface area contributed by atoms with Gasteiger partial charge in [-0.3, -0.25) is 9.59 Å². The molecule has 0 aromatic heterocycles. The second-order valence-corrected chi connectivity index (χ2v) is 3.84. The second-order valence-electron chi connectivity index (χ2n) is 3.84. The summed E-state index contributed by atoms with van der Waals surface area (Å²) in [5.41, 5.74) is 0. The zero-order chi connectivity index (χ0) is 15.6. The van der Waals surface area contributed by atoms with Gasteiger partial charge in [0.25, 0.3) is 0 Å². The normalized spacial score (nSPS) is 9.40. The fraction of sp³-hybridized carbons (Fsp3) is 0.857. The Morgan fingerprint density at radius 2 is 1.55 bits per heavy atom. The van der Waals surface area contributed by atoms with Crippen LogP contribution in [-0.4, -0.2) is 52.6 Å². The minimum absolute atomic E-state index is 0.166. The van der Waals surface area contributed by atoms with Gasteiger partial charge in [-0.2, -0.15) is 0 Å². The van der Waals surface area contributed by atoms with E-state index in [2.05, 4.69) is 11.7 Å². The zero-order valence-corrected chi connectivity index (χ0v) is 13.1. The van der Waals surface area contributed by atoms with Crippen molar-refractivity contribution in [3.05, 3.63) is 0 Å². The van der Waals surface area contributed by atoms with Gasteiger partial charge in [-0.25, -0.2) is 0 Å². The van der Waals surface area contributed by atoms with E-state index in [0.29, 0.717) is 39.3 Å². The first-order chi connectivity index (χ1) is 9.62. The van der Waals surface area contributed by atoms with E-state index in [9.17, 15) is 9.59 Å². The van der Waals surface area contributed by atoms with Crippen LogP contribution in [0.5, 0.6) is 0 Å². The molecule has 120 valence electrons. The summed E-state index contributed by atoms with van der Waals surface area (Å²) in [6.07, 6.45) is 2.71. The fourth-order valence-electron chi connectivity index (χ4n) is 0.990. The molecule has 0 N–H and O–H groups in total. The average molecular weight is 292 g/mol. The van der Waals surface area contributed by atoms with E-state index in [1.54, 1.807) is 7.11 Å². The Hall–Kier alpha value is -1.14. The lowest BCUT2D eigenvalue weighted by Gasteiger charge is -2.02. The Balaban J connectivity index is 0. The van der Waals surface area contributed by atoms with Crippen molar-refractivity contribution in [2.24, 2.45) is 0 Å². The maximum Gasteiger partial charge on any atom is 0.308 e. The number of carbonyl (C=O) groups excluding carboxylic acids is 2. The van der Waals surface area contributed by atoms with Crippen molar-refractivity contribution in [1.29, 1.82) is 0 Å². The summed E-state index contributed by atoms with van der Waals surface area (Å²) in [4.78, 5) is 21.2. The summed E-state index contributed by atoms with van der Waals surface area (Å²) in [6.45, 7) is 6.05. The highest BCUT2D eigenvalue weighted by Gasteiger charge is 2.00. The van der Waals surface area contributed by atoms with Crippen LogP contribution in [0.25, 0.3) is 0 Å². The Kier molecular flexibility index (Phi) is 18.9. The van der Waals surface area contributed by atoms with Crippen LogP contribution in [-0.2, 0) is 28.5 Å². The third-order valence-electron chi connectivity index (χ3n) is 2.15. The van der Waals surface area contributed by atoms with Crippen molar-refractivity contribution >= 4 is 11.9 Å². The highest BCUT2D eigenvalue weighted by atomic mass is 16.5. The molecule has 0 unspecified atom stereocenters. The van der Waals surface area contributed by atoms with Crippen molar-refractivity contribution in [3.8, 4) is 0 Å². The summed E-state index contributed by atoms with van der Waals surface area (Å²) >= 11 is 0. The molecule has 0 amide bonds. The molecule has 0 heterocycles. The van der Waals surface area contributed by atoms with Crippen LogP contribution in [0.1, 0.15) is 39.5 Å². The van der Waals surface area contributed by atoms with Crippen LogP contribution in [0.4, 0.5) is 0 Å². The minimum atomic E-state index is -0.219. The Morgan fingerprint density at radius 3 is 2.05 bits per heavy atom. The lowest BCUT2D eigenvalue weighted by atomic mass is 10.4. The first kappa shape index (κ1) is 21.2. The molecular weight excluding hydrogens is 264 g/mol. The van der Waals surface area contributed by atoms with Gasteiger partial charge in [0.05, 0.1) is 39.8 Å². The predicted molar refractivity (Wildman–Crippen MR) is 75.5 cm³/mol. The number of rotatable bonds is 10. The summed E-state index contributed by atoms with van der Waals surface area (Å²) < 4.78 is 18.9. The van der Waals surface area contributed by atoms with Crippen molar-refractivity contribution in [2.45, 2.75) is 39.5 Å². The van der Waals surface area contributed by atoms with Crippen molar-refractivity contribution in [1.82, 2.24) is 0 Å². The molecule has 0 saturated heterocycles. The Morgan fingerprint density at radius 1 is 0.900 bits per heavy atom. The molecule has 0 radical (unpaired) electrons. The molecule has 20 heavy (non-hydrogen) atoms. The van der Waals surface area contributed by atoms with Crippen LogP contribution in [0.3, 0.4) is 0 Å². The molecule has 0 bridgehead atoms. The zero-order valence-electron chi connectivity index (χ0n) is 13.1. The summed E-state index contributed by atoms with van der Waals surface area (Å²) in [7, 11) is 2.94. The minimum Gasteiger partial charge on any atom is -0.469 e. The van der Waals surface area contributed by atoms with Crippen LogP contribution < -0.4 is 0 Å². The van der Waals surface area contributed by atoms with Gasteiger partial charge in [-0.05, 0) is 13.3 Å². The van der Waals surface area contributed by atoms with Crippen LogP contribution in [0, 0.1) is 0 Å². The number of hydrogen-bond acceptors (Lipinski definition) is 6. The molecular formula is C14H28O6. The third-order valence-corrected chi connectivity index (χ3v) is 2.15. The molecule has 0 aromatic rings. The van der Waals surface area contributed by atoms with Crippen LogP contribution in [0.15, 0.2) is 0 Å². The number of hydrogen-bond donors (Lipinski definition) is 0. The van der Waals surface area contributed by atoms with E-state index in [4.69, 9.17) is 14.2 Å². The molecule has 6 heteroatoms. The highest BCUT2D eigenvalue weighted by molar-refractivity contribution is 5.69. The van der Waals surface area contributed by atoms with E-state index in [0.717, 1.165) is 12.8 Å². The number of esters is 2.